The number of fused-ring (bicyclic) bond motifs is 1. The number of carbonyl (C=O) groups is 1. The maximum absolute atomic E-state index is 11.6. The fraction of sp³-hybridized carbons (Fsp3) is 0.727. The minimum Gasteiger partial charge on any atom is -0.472 e. The van der Waals surface area contributed by atoms with E-state index in [0.29, 0.717) is 0 Å². The van der Waals surface area contributed by atoms with Crippen LogP contribution in [0.5, 0.6) is 0 Å². The van der Waals surface area contributed by atoms with Gasteiger partial charge in [-0.15, -0.1) is 0 Å². The zero-order chi connectivity index (χ0) is 13.7. The summed E-state index contributed by atoms with van der Waals surface area (Å²) in [5.74, 6) is -2.69. The van der Waals surface area contributed by atoms with E-state index >= 15 is 0 Å². The van der Waals surface area contributed by atoms with Crippen molar-refractivity contribution in [3.05, 3.63) is 11.8 Å². The van der Waals surface area contributed by atoms with Crippen molar-refractivity contribution in [2.45, 2.75) is 31.0 Å². The molecule has 2 aliphatic rings. The molecule has 1 fully saturated rings. The van der Waals surface area contributed by atoms with Gasteiger partial charge in [0, 0.05) is 5.92 Å². The maximum Gasteiger partial charge on any atom is 0.337 e. The number of rotatable bonds is 1. The van der Waals surface area contributed by atoms with Crippen LogP contribution in [0.15, 0.2) is 11.8 Å². The first-order valence-electron chi connectivity index (χ1n) is 5.52. The number of hydrogen-bond acceptors (Lipinski definition) is 7. The van der Waals surface area contributed by atoms with E-state index in [4.69, 9.17) is 4.74 Å². The second-order valence-electron chi connectivity index (χ2n) is 4.80. The third-order valence-electron chi connectivity index (χ3n) is 3.77. The Balaban J connectivity index is 2.44. The van der Waals surface area contributed by atoms with E-state index in [-0.39, 0.29) is 5.57 Å². The zero-order valence-corrected chi connectivity index (χ0v) is 9.98. The highest BCUT2D eigenvalue weighted by Gasteiger charge is 2.62. The first-order valence-corrected chi connectivity index (χ1v) is 5.52. The van der Waals surface area contributed by atoms with Gasteiger partial charge in [0.25, 0.3) is 0 Å². The zero-order valence-electron chi connectivity index (χ0n) is 9.98. The Hall–Kier alpha value is -1.15. The number of aliphatic hydroxyl groups is 4. The molecule has 0 spiro atoms. The lowest BCUT2D eigenvalue weighted by Gasteiger charge is -2.36. The van der Waals surface area contributed by atoms with Gasteiger partial charge in [0.15, 0.2) is 0 Å². The van der Waals surface area contributed by atoms with Gasteiger partial charge in [-0.1, -0.05) is 0 Å². The summed E-state index contributed by atoms with van der Waals surface area (Å²) in [7, 11) is 1.17. The minimum atomic E-state index is -1.77. The minimum absolute atomic E-state index is 0.0166. The lowest BCUT2D eigenvalue weighted by atomic mass is 9.81. The molecule has 102 valence electrons. The molecule has 1 aliphatic carbocycles. The standard InChI is InChI=1S/C11H16O7/c1-11(16)6-5(7(12)8(11)13)4(9(14)17-2)3-18-10(6)15/h3,5-8,10,12-13,15-16H,1-2H3/t5-,6-,7+,8+,10?,11-/m1/s1. The van der Waals surface area contributed by atoms with Crippen LogP contribution in [0.4, 0.5) is 0 Å². The molecule has 1 aliphatic heterocycles. The molecule has 2 rings (SSSR count). The molecule has 7 heteroatoms. The van der Waals surface area contributed by atoms with Crippen molar-refractivity contribution in [3.63, 3.8) is 0 Å². The van der Waals surface area contributed by atoms with Gasteiger partial charge in [0.2, 0.25) is 6.29 Å². The summed E-state index contributed by atoms with van der Waals surface area (Å²) >= 11 is 0. The molecule has 6 atom stereocenters. The predicted octanol–water partition coefficient (Wildman–Crippen LogP) is -1.89. The van der Waals surface area contributed by atoms with Crippen LogP contribution in [0.1, 0.15) is 6.92 Å². The molecule has 0 amide bonds. The number of hydrogen-bond donors (Lipinski definition) is 4. The average Bonchev–Trinajstić information content (AvgIpc) is 2.51. The Kier molecular flexibility index (Phi) is 3.10. The Morgan fingerprint density at radius 2 is 2.06 bits per heavy atom. The molecular formula is C11H16O7. The molecule has 0 aromatic heterocycles. The number of carbonyl (C=O) groups excluding carboxylic acids is 1. The van der Waals surface area contributed by atoms with Gasteiger partial charge in [-0.25, -0.2) is 4.79 Å². The highest BCUT2D eigenvalue weighted by molar-refractivity contribution is 5.89. The molecule has 1 saturated carbocycles. The Morgan fingerprint density at radius 3 is 2.61 bits per heavy atom. The first-order chi connectivity index (χ1) is 8.32. The Bertz CT molecular complexity index is 389. The van der Waals surface area contributed by atoms with Gasteiger partial charge in [-0.3, -0.25) is 0 Å². The highest BCUT2D eigenvalue weighted by atomic mass is 16.6. The number of aliphatic hydroxyl groups excluding tert-OH is 3. The maximum atomic E-state index is 11.6. The summed E-state index contributed by atoms with van der Waals surface area (Å²) in [5.41, 5.74) is -1.78. The van der Waals surface area contributed by atoms with Gasteiger partial charge in [-0.05, 0) is 6.92 Å². The monoisotopic (exact) mass is 260 g/mol. The summed E-state index contributed by atoms with van der Waals surface area (Å²) in [6, 6.07) is 0. The van der Waals surface area contributed by atoms with E-state index in [0.717, 1.165) is 6.26 Å². The number of ether oxygens (including phenoxy) is 2. The first kappa shape index (κ1) is 13.3. The third-order valence-corrected chi connectivity index (χ3v) is 3.77. The average molecular weight is 260 g/mol. The number of esters is 1. The lowest BCUT2D eigenvalue weighted by Crippen LogP contribution is -2.48. The second kappa shape index (κ2) is 4.20. The normalized spacial score (nSPS) is 47.0. The highest BCUT2D eigenvalue weighted by Crippen LogP contribution is 2.48. The fourth-order valence-corrected chi connectivity index (χ4v) is 2.77. The number of methoxy groups -OCH3 is 1. The topological polar surface area (TPSA) is 116 Å². The lowest BCUT2D eigenvalue weighted by molar-refractivity contribution is -0.179. The Morgan fingerprint density at radius 1 is 1.44 bits per heavy atom. The molecule has 7 nitrogen and oxygen atoms in total. The SMILES string of the molecule is COC(=O)C1=COC(O)[C@H]2[C@@H]1[C@H](O)[C@H](O)[C@]2(C)O. The van der Waals surface area contributed by atoms with E-state index in [2.05, 4.69) is 4.74 Å². The third kappa shape index (κ3) is 1.63. The fourth-order valence-electron chi connectivity index (χ4n) is 2.77. The quantitative estimate of drug-likeness (QED) is 0.407. The van der Waals surface area contributed by atoms with E-state index in [1.165, 1.54) is 14.0 Å². The van der Waals surface area contributed by atoms with E-state index < -0.39 is 41.9 Å². The van der Waals surface area contributed by atoms with E-state index in [1.807, 2.05) is 0 Å². The predicted molar refractivity (Wildman–Crippen MR) is 56.8 cm³/mol. The summed E-state index contributed by atoms with van der Waals surface area (Å²) in [6.07, 6.45) is -3.29. The molecule has 1 unspecified atom stereocenters. The van der Waals surface area contributed by atoms with Crippen LogP contribution >= 0.6 is 0 Å². The summed E-state index contributed by atoms with van der Waals surface area (Å²) in [4.78, 5) is 11.6. The molecule has 0 radical (unpaired) electrons. The van der Waals surface area contributed by atoms with Crippen LogP contribution in [0.2, 0.25) is 0 Å². The molecule has 4 N–H and O–H groups in total. The van der Waals surface area contributed by atoms with Crippen molar-refractivity contribution in [3.8, 4) is 0 Å². The smallest absolute Gasteiger partial charge is 0.337 e. The van der Waals surface area contributed by atoms with Gasteiger partial charge in [0.1, 0.15) is 6.10 Å². The van der Waals surface area contributed by atoms with Crippen LogP contribution < -0.4 is 0 Å². The summed E-state index contributed by atoms with van der Waals surface area (Å²) in [5, 5.41) is 39.6. The van der Waals surface area contributed by atoms with Crippen LogP contribution in [-0.2, 0) is 14.3 Å². The van der Waals surface area contributed by atoms with Crippen molar-refractivity contribution in [1.82, 2.24) is 0 Å². The van der Waals surface area contributed by atoms with Crippen molar-refractivity contribution in [2.75, 3.05) is 7.11 Å². The molecule has 0 aromatic carbocycles. The van der Waals surface area contributed by atoms with E-state index in [1.54, 1.807) is 0 Å². The van der Waals surface area contributed by atoms with Crippen LogP contribution in [0, 0.1) is 11.8 Å². The molecule has 0 saturated heterocycles. The summed E-state index contributed by atoms with van der Waals surface area (Å²) in [6.45, 7) is 1.28. The van der Waals surface area contributed by atoms with E-state index in [9.17, 15) is 25.2 Å². The van der Waals surface area contributed by atoms with Crippen LogP contribution in [-0.4, -0.2) is 57.6 Å². The van der Waals surface area contributed by atoms with Crippen molar-refractivity contribution < 1.29 is 34.7 Å². The van der Waals surface area contributed by atoms with Crippen LogP contribution in [0.25, 0.3) is 0 Å². The van der Waals surface area contributed by atoms with Gasteiger partial charge in [-0.2, -0.15) is 0 Å². The largest absolute Gasteiger partial charge is 0.472 e. The molecule has 18 heavy (non-hydrogen) atoms. The van der Waals surface area contributed by atoms with Gasteiger partial charge in [0.05, 0.1) is 36.6 Å². The molecule has 1 heterocycles. The molecule has 0 aromatic rings. The Labute approximate surface area is 103 Å². The van der Waals surface area contributed by atoms with Crippen LogP contribution in [0.3, 0.4) is 0 Å². The van der Waals surface area contributed by atoms with Gasteiger partial charge >= 0.3 is 5.97 Å². The second-order valence-corrected chi connectivity index (χ2v) is 4.80. The molecule has 0 bridgehead atoms. The molecular weight excluding hydrogens is 244 g/mol. The van der Waals surface area contributed by atoms with Crippen molar-refractivity contribution in [2.24, 2.45) is 11.8 Å². The van der Waals surface area contributed by atoms with Crippen molar-refractivity contribution >= 4 is 5.97 Å². The summed E-state index contributed by atoms with van der Waals surface area (Å²) < 4.78 is 9.41. The van der Waals surface area contributed by atoms with Gasteiger partial charge < -0.3 is 29.9 Å². The van der Waals surface area contributed by atoms with Crippen molar-refractivity contribution in [1.29, 1.82) is 0 Å².